The van der Waals surface area contributed by atoms with E-state index in [9.17, 15) is 9.18 Å². The largest absolute Gasteiger partial charge is 0.439 e. The Morgan fingerprint density at radius 2 is 1.88 bits per heavy atom. The maximum atomic E-state index is 13.4. The summed E-state index contributed by atoms with van der Waals surface area (Å²) in [6.45, 7) is 2.16. The van der Waals surface area contributed by atoms with Crippen LogP contribution in [0.4, 0.5) is 4.39 Å². The first-order chi connectivity index (χ1) is 12.7. The molecule has 1 amide bonds. The van der Waals surface area contributed by atoms with Crippen molar-refractivity contribution in [2.45, 2.75) is 0 Å². The first kappa shape index (κ1) is 16.5. The van der Waals surface area contributed by atoms with Crippen LogP contribution in [0.1, 0.15) is 10.4 Å². The van der Waals surface area contributed by atoms with E-state index in [2.05, 4.69) is 4.98 Å². The molecule has 0 atom stereocenters. The summed E-state index contributed by atoms with van der Waals surface area (Å²) in [6, 6.07) is 14.8. The van der Waals surface area contributed by atoms with Gasteiger partial charge in [-0.15, -0.1) is 0 Å². The summed E-state index contributed by atoms with van der Waals surface area (Å²) in [4.78, 5) is 19.2. The number of carbonyl (C=O) groups excluding carboxylic acids is 1. The third kappa shape index (κ3) is 3.36. The van der Waals surface area contributed by atoms with Crippen LogP contribution in [0.25, 0.3) is 10.9 Å². The van der Waals surface area contributed by atoms with Crippen LogP contribution in [0, 0.1) is 5.82 Å². The van der Waals surface area contributed by atoms with Gasteiger partial charge in [0.25, 0.3) is 5.91 Å². The topological polar surface area (TPSA) is 51.7 Å². The zero-order valence-electron chi connectivity index (χ0n) is 14.0. The number of hydrogen-bond acceptors (Lipinski definition) is 4. The molecule has 0 saturated carbocycles. The monoisotopic (exact) mass is 352 g/mol. The summed E-state index contributed by atoms with van der Waals surface area (Å²) in [6.07, 6.45) is 0. The fraction of sp³-hybridized carbons (Fsp3) is 0.200. The SMILES string of the molecule is O=C(c1cc(Oc2cccc(F)c2)nc2ccccc12)N1CCOCC1. The van der Waals surface area contributed by atoms with Gasteiger partial charge in [-0.3, -0.25) is 4.79 Å². The highest BCUT2D eigenvalue weighted by Gasteiger charge is 2.22. The smallest absolute Gasteiger partial charge is 0.254 e. The number of halogens is 1. The highest BCUT2D eigenvalue weighted by molar-refractivity contribution is 6.06. The Bertz CT molecular complexity index is 955. The molecule has 1 aromatic heterocycles. The van der Waals surface area contributed by atoms with Crippen molar-refractivity contribution in [3.63, 3.8) is 0 Å². The van der Waals surface area contributed by atoms with E-state index in [0.29, 0.717) is 43.1 Å². The average molecular weight is 352 g/mol. The van der Waals surface area contributed by atoms with E-state index in [1.165, 1.54) is 12.1 Å². The van der Waals surface area contributed by atoms with E-state index in [0.717, 1.165) is 5.39 Å². The van der Waals surface area contributed by atoms with E-state index in [4.69, 9.17) is 9.47 Å². The van der Waals surface area contributed by atoms with Gasteiger partial charge in [-0.2, -0.15) is 0 Å². The second kappa shape index (κ2) is 7.09. The van der Waals surface area contributed by atoms with Gasteiger partial charge < -0.3 is 14.4 Å². The molecular formula is C20H17FN2O3. The summed E-state index contributed by atoms with van der Waals surface area (Å²) in [5.74, 6) is 0.104. The zero-order valence-corrected chi connectivity index (χ0v) is 14.0. The number of rotatable bonds is 3. The van der Waals surface area contributed by atoms with Gasteiger partial charge in [0.2, 0.25) is 5.88 Å². The predicted molar refractivity (Wildman–Crippen MR) is 94.9 cm³/mol. The van der Waals surface area contributed by atoms with Gasteiger partial charge in [0.15, 0.2) is 0 Å². The van der Waals surface area contributed by atoms with E-state index >= 15 is 0 Å². The molecule has 1 aliphatic rings. The normalized spacial score (nSPS) is 14.4. The van der Waals surface area contributed by atoms with Crippen LogP contribution >= 0.6 is 0 Å². The van der Waals surface area contributed by atoms with Crippen molar-refractivity contribution in [2.75, 3.05) is 26.3 Å². The highest BCUT2D eigenvalue weighted by atomic mass is 19.1. The zero-order chi connectivity index (χ0) is 17.9. The number of ether oxygens (including phenoxy) is 2. The number of morpholine rings is 1. The van der Waals surface area contributed by atoms with E-state index in [1.807, 2.05) is 24.3 Å². The lowest BCUT2D eigenvalue weighted by atomic mass is 10.1. The Morgan fingerprint density at radius 3 is 2.69 bits per heavy atom. The van der Waals surface area contributed by atoms with Crippen LogP contribution in [0.15, 0.2) is 54.6 Å². The third-order valence-corrected chi connectivity index (χ3v) is 4.24. The molecule has 2 aromatic carbocycles. The first-order valence-corrected chi connectivity index (χ1v) is 8.41. The van der Waals surface area contributed by atoms with Crippen LogP contribution in [0.3, 0.4) is 0 Å². The molecule has 26 heavy (non-hydrogen) atoms. The number of benzene rings is 2. The van der Waals surface area contributed by atoms with Crippen molar-refractivity contribution in [1.29, 1.82) is 0 Å². The summed E-state index contributed by atoms with van der Waals surface area (Å²) < 4.78 is 24.4. The Morgan fingerprint density at radius 1 is 1.08 bits per heavy atom. The van der Waals surface area contributed by atoms with Gasteiger partial charge in [0, 0.05) is 30.6 Å². The van der Waals surface area contributed by atoms with Crippen LogP contribution in [-0.4, -0.2) is 42.1 Å². The Hall–Kier alpha value is -2.99. The van der Waals surface area contributed by atoms with Crippen molar-refractivity contribution >= 4 is 16.8 Å². The fourth-order valence-corrected chi connectivity index (χ4v) is 2.97. The van der Waals surface area contributed by atoms with E-state index < -0.39 is 5.82 Å². The molecular weight excluding hydrogens is 335 g/mol. The molecule has 0 bridgehead atoms. The number of nitrogens with zero attached hydrogens (tertiary/aromatic N) is 2. The first-order valence-electron chi connectivity index (χ1n) is 8.41. The number of aromatic nitrogens is 1. The summed E-state index contributed by atoms with van der Waals surface area (Å²) in [5, 5.41) is 0.760. The number of amides is 1. The Kier molecular flexibility index (Phi) is 4.50. The molecule has 0 aliphatic carbocycles. The minimum absolute atomic E-state index is 0.0870. The van der Waals surface area contributed by atoms with E-state index in [1.54, 1.807) is 23.1 Å². The molecule has 0 N–H and O–H groups in total. The summed E-state index contributed by atoms with van der Waals surface area (Å²) in [5.41, 5.74) is 1.17. The minimum atomic E-state index is -0.395. The third-order valence-electron chi connectivity index (χ3n) is 4.24. The van der Waals surface area contributed by atoms with Gasteiger partial charge >= 0.3 is 0 Å². The van der Waals surface area contributed by atoms with Gasteiger partial charge in [0.05, 0.1) is 24.3 Å². The molecule has 1 aliphatic heterocycles. The molecule has 2 heterocycles. The number of hydrogen-bond donors (Lipinski definition) is 0. The lowest BCUT2D eigenvalue weighted by molar-refractivity contribution is 0.0304. The standard InChI is InChI=1S/C20H17FN2O3/c21-14-4-3-5-15(12-14)26-19-13-17(16-6-1-2-7-18(16)22-19)20(24)23-8-10-25-11-9-23/h1-7,12-13H,8-11H2. The molecule has 0 radical (unpaired) electrons. The molecule has 132 valence electrons. The number of para-hydroxylation sites is 1. The fourth-order valence-electron chi connectivity index (χ4n) is 2.97. The molecule has 6 heteroatoms. The van der Waals surface area contributed by atoms with Crippen LogP contribution in [0.5, 0.6) is 11.6 Å². The minimum Gasteiger partial charge on any atom is -0.439 e. The molecule has 0 spiro atoms. The molecule has 0 unspecified atom stereocenters. The Labute approximate surface area is 150 Å². The molecule has 1 fully saturated rings. The lowest BCUT2D eigenvalue weighted by Gasteiger charge is -2.27. The van der Waals surface area contributed by atoms with Crippen molar-refractivity contribution in [2.24, 2.45) is 0 Å². The van der Waals surface area contributed by atoms with Crippen molar-refractivity contribution in [3.8, 4) is 11.6 Å². The molecule has 5 nitrogen and oxygen atoms in total. The van der Waals surface area contributed by atoms with Gasteiger partial charge in [-0.05, 0) is 18.2 Å². The van der Waals surface area contributed by atoms with Crippen LogP contribution < -0.4 is 4.74 Å². The number of fused-ring (bicyclic) bond motifs is 1. The number of pyridine rings is 1. The van der Waals surface area contributed by atoms with Crippen molar-refractivity contribution in [1.82, 2.24) is 9.88 Å². The second-order valence-electron chi connectivity index (χ2n) is 5.99. The molecule has 3 aromatic rings. The van der Waals surface area contributed by atoms with Gasteiger partial charge in [-0.25, -0.2) is 9.37 Å². The second-order valence-corrected chi connectivity index (χ2v) is 5.99. The predicted octanol–water partition coefficient (Wildman–Crippen LogP) is 3.64. The van der Waals surface area contributed by atoms with Crippen LogP contribution in [-0.2, 0) is 4.74 Å². The lowest BCUT2D eigenvalue weighted by Crippen LogP contribution is -2.40. The summed E-state index contributed by atoms with van der Waals surface area (Å²) >= 11 is 0. The van der Waals surface area contributed by atoms with Gasteiger partial charge in [-0.1, -0.05) is 24.3 Å². The number of carbonyl (C=O) groups is 1. The quantitative estimate of drug-likeness (QED) is 0.722. The van der Waals surface area contributed by atoms with Gasteiger partial charge in [0.1, 0.15) is 11.6 Å². The Balaban J connectivity index is 1.74. The maximum Gasteiger partial charge on any atom is 0.254 e. The molecule has 4 rings (SSSR count). The highest BCUT2D eigenvalue weighted by Crippen LogP contribution is 2.27. The maximum absolute atomic E-state index is 13.4. The van der Waals surface area contributed by atoms with Crippen molar-refractivity contribution in [3.05, 3.63) is 66.0 Å². The van der Waals surface area contributed by atoms with Crippen molar-refractivity contribution < 1.29 is 18.7 Å². The van der Waals surface area contributed by atoms with Crippen LogP contribution in [0.2, 0.25) is 0 Å². The van der Waals surface area contributed by atoms with E-state index in [-0.39, 0.29) is 11.8 Å². The summed E-state index contributed by atoms with van der Waals surface area (Å²) in [7, 11) is 0. The average Bonchev–Trinajstić information content (AvgIpc) is 2.67. The molecule has 1 saturated heterocycles.